The van der Waals surface area contributed by atoms with Crippen molar-refractivity contribution in [3.8, 4) is 0 Å². The Hall–Kier alpha value is -0.540. The minimum Gasteiger partial charge on any atom is -0.316 e. The molecule has 1 saturated heterocycles. The molecule has 2 heterocycles. The Morgan fingerprint density at radius 1 is 1.75 bits per heavy atom. The Bertz CT molecular complexity index is 256. The molecular weight excluding hydrogens is 174 g/mol. The van der Waals surface area contributed by atoms with Crippen LogP contribution in [-0.2, 0) is 7.05 Å². The highest BCUT2D eigenvalue weighted by molar-refractivity contribution is 6.29. The Labute approximate surface area is 76.7 Å². The van der Waals surface area contributed by atoms with Gasteiger partial charge in [-0.3, -0.25) is 4.68 Å². The van der Waals surface area contributed by atoms with Gasteiger partial charge in [-0.25, -0.2) is 0 Å². The minimum atomic E-state index is 0.559. The van der Waals surface area contributed by atoms with Gasteiger partial charge >= 0.3 is 0 Å². The average Bonchev–Trinajstić information content (AvgIpc) is 2.61. The largest absolute Gasteiger partial charge is 0.316 e. The number of hydrogen-bond acceptors (Lipinski definition) is 2. The normalized spacial score (nSPS) is 23.3. The molecule has 12 heavy (non-hydrogen) atoms. The molecule has 1 aliphatic heterocycles. The van der Waals surface area contributed by atoms with Crippen molar-refractivity contribution in [3.05, 3.63) is 16.9 Å². The van der Waals surface area contributed by atoms with E-state index < -0.39 is 0 Å². The van der Waals surface area contributed by atoms with Gasteiger partial charge < -0.3 is 5.32 Å². The van der Waals surface area contributed by atoms with Gasteiger partial charge in [0.25, 0.3) is 0 Å². The van der Waals surface area contributed by atoms with E-state index in [4.69, 9.17) is 11.6 Å². The number of rotatable bonds is 1. The Balaban J connectivity index is 2.21. The van der Waals surface area contributed by atoms with Crippen LogP contribution in [0.25, 0.3) is 0 Å². The van der Waals surface area contributed by atoms with E-state index in [2.05, 4.69) is 10.4 Å². The van der Waals surface area contributed by atoms with Crippen LogP contribution >= 0.6 is 11.6 Å². The lowest BCUT2D eigenvalue weighted by molar-refractivity contribution is 0.680. The lowest BCUT2D eigenvalue weighted by atomic mass is 10.1. The third kappa shape index (κ3) is 1.34. The van der Waals surface area contributed by atoms with Crippen molar-refractivity contribution in [3.63, 3.8) is 0 Å². The second-order valence-corrected chi connectivity index (χ2v) is 3.59. The van der Waals surface area contributed by atoms with E-state index >= 15 is 0 Å². The molecule has 4 heteroatoms. The molecule has 1 aliphatic rings. The number of hydrogen-bond donors (Lipinski definition) is 1. The van der Waals surface area contributed by atoms with Crippen LogP contribution in [0.3, 0.4) is 0 Å². The molecule has 3 nitrogen and oxygen atoms in total. The van der Waals surface area contributed by atoms with Gasteiger partial charge in [0.1, 0.15) is 5.15 Å². The van der Waals surface area contributed by atoms with Gasteiger partial charge in [0.15, 0.2) is 0 Å². The second-order valence-electron chi connectivity index (χ2n) is 3.21. The average molecular weight is 186 g/mol. The lowest BCUT2D eigenvalue weighted by Crippen LogP contribution is -2.08. The molecule has 1 aromatic heterocycles. The third-order valence-corrected chi connectivity index (χ3v) is 2.67. The van der Waals surface area contributed by atoms with Crippen LogP contribution in [0, 0.1) is 0 Å². The smallest absolute Gasteiger partial charge is 0.126 e. The molecule has 1 aromatic rings. The zero-order chi connectivity index (χ0) is 8.55. The monoisotopic (exact) mass is 185 g/mol. The molecule has 0 aliphatic carbocycles. The number of nitrogens with zero attached hydrogens (tertiary/aromatic N) is 2. The molecule has 1 unspecified atom stereocenters. The predicted octanol–water partition coefficient (Wildman–Crippen LogP) is 1.15. The van der Waals surface area contributed by atoms with Crippen LogP contribution < -0.4 is 5.32 Å². The van der Waals surface area contributed by atoms with Crippen LogP contribution in [0.5, 0.6) is 0 Å². The van der Waals surface area contributed by atoms with Crippen molar-refractivity contribution in [1.29, 1.82) is 0 Å². The van der Waals surface area contributed by atoms with Crippen molar-refractivity contribution in [2.75, 3.05) is 13.1 Å². The highest BCUT2D eigenvalue weighted by Gasteiger charge is 2.19. The first kappa shape index (κ1) is 8.08. The molecule has 0 spiro atoms. The molecular formula is C8H12ClN3. The Kier molecular flexibility index (Phi) is 2.07. The fourth-order valence-electron chi connectivity index (χ4n) is 1.57. The summed E-state index contributed by atoms with van der Waals surface area (Å²) in [6.45, 7) is 2.13. The highest BCUT2D eigenvalue weighted by atomic mass is 35.5. The Morgan fingerprint density at radius 3 is 3.08 bits per heavy atom. The van der Waals surface area contributed by atoms with Crippen molar-refractivity contribution < 1.29 is 0 Å². The van der Waals surface area contributed by atoms with E-state index in [9.17, 15) is 0 Å². The molecule has 0 saturated carbocycles. The van der Waals surface area contributed by atoms with Gasteiger partial charge in [0.2, 0.25) is 0 Å². The van der Waals surface area contributed by atoms with E-state index in [1.54, 1.807) is 4.68 Å². The standard InChI is InChI=1S/C8H12ClN3/c1-12-8(9)4-7(11-12)6-2-3-10-5-6/h4,6,10H,2-3,5H2,1H3. The van der Waals surface area contributed by atoms with Crippen molar-refractivity contribution in [2.45, 2.75) is 12.3 Å². The van der Waals surface area contributed by atoms with Gasteiger partial charge in [-0.2, -0.15) is 5.10 Å². The van der Waals surface area contributed by atoms with E-state index in [0.717, 1.165) is 23.9 Å². The first-order chi connectivity index (χ1) is 5.77. The maximum atomic E-state index is 5.89. The Morgan fingerprint density at radius 2 is 2.58 bits per heavy atom. The fraction of sp³-hybridized carbons (Fsp3) is 0.625. The van der Waals surface area contributed by atoms with Gasteiger partial charge in [0, 0.05) is 19.5 Å². The van der Waals surface area contributed by atoms with E-state index in [-0.39, 0.29) is 0 Å². The summed E-state index contributed by atoms with van der Waals surface area (Å²) in [5.41, 5.74) is 1.12. The van der Waals surface area contributed by atoms with Gasteiger partial charge in [0.05, 0.1) is 5.69 Å². The van der Waals surface area contributed by atoms with Crippen LogP contribution in [0.2, 0.25) is 5.15 Å². The van der Waals surface area contributed by atoms with Gasteiger partial charge in [-0.05, 0) is 19.0 Å². The molecule has 0 aromatic carbocycles. The van der Waals surface area contributed by atoms with Crippen LogP contribution in [0.1, 0.15) is 18.0 Å². The zero-order valence-corrected chi connectivity index (χ0v) is 7.80. The number of aromatic nitrogens is 2. The summed E-state index contributed by atoms with van der Waals surface area (Å²) in [5.74, 6) is 0.559. The third-order valence-electron chi connectivity index (χ3n) is 2.32. The molecule has 0 amide bonds. The summed E-state index contributed by atoms with van der Waals surface area (Å²) in [4.78, 5) is 0. The maximum absolute atomic E-state index is 5.89. The van der Waals surface area contributed by atoms with Crippen LogP contribution in [0.15, 0.2) is 6.07 Å². The first-order valence-corrected chi connectivity index (χ1v) is 4.55. The number of nitrogens with one attached hydrogen (secondary N) is 1. The number of aryl methyl sites for hydroxylation is 1. The summed E-state index contributed by atoms with van der Waals surface area (Å²) in [6.07, 6.45) is 1.17. The molecule has 66 valence electrons. The topological polar surface area (TPSA) is 29.9 Å². The summed E-state index contributed by atoms with van der Waals surface area (Å²) in [5, 5.41) is 8.36. The fourth-order valence-corrected chi connectivity index (χ4v) is 1.72. The zero-order valence-electron chi connectivity index (χ0n) is 7.05. The quantitative estimate of drug-likeness (QED) is 0.712. The number of halogens is 1. The van der Waals surface area contributed by atoms with E-state index in [0.29, 0.717) is 5.92 Å². The molecule has 1 fully saturated rings. The lowest BCUT2D eigenvalue weighted by Gasteiger charge is -2.01. The summed E-state index contributed by atoms with van der Waals surface area (Å²) < 4.78 is 1.72. The van der Waals surface area contributed by atoms with Crippen molar-refractivity contribution in [2.24, 2.45) is 7.05 Å². The summed E-state index contributed by atoms with van der Waals surface area (Å²) in [7, 11) is 1.87. The molecule has 1 atom stereocenters. The molecule has 0 bridgehead atoms. The molecule has 2 rings (SSSR count). The minimum absolute atomic E-state index is 0.559. The van der Waals surface area contributed by atoms with Crippen LogP contribution in [-0.4, -0.2) is 22.9 Å². The summed E-state index contributed by atoms with van der Waals surface area (Å²) in [6, 6.07) is 1.96. The first-order valence-electron chi connectivity index (χ1n) is 4.17. The SMILES string of the molecule is Cn1nc(C2CCNC2)cc1Cl. The maximum Gasteiger partial charge on any atom is 0.126 e. The van der Waals surface area contributed by atoms with Crippen molar-refractivity contribution in [1.82, 2.24) is 15.1 Å². The van der Waals surface area contributed by atoms with Gasteiger partial charge in [-0.1, -0.05) is 11.6 Å². The molecule has 0 radical (unpaired) electrons. The summed E-state index contributed by atoms with van der Waals surface area (Å²) >= 11 is 5.89. The predicted molar refractivity (Wildman–Crippen MR) is 48.4 cm³/mol. The van der Waals surface area contributed by atoms with Crippen molar-refractivity contribution >= 4 is 11.6 Å². The molecule has 1 N–H and O–H groups in total. The van der Waals surface area contributed by atoms with E-state index in [1.807, 2.05) is 13.1 Å². The second kappa shape index (κ2) is 3.07. The van der Waals surface area contributed by atoms with E-state index in [1.165, 1.54) is 6.42 Å². The van der Waals surface area contributed by atoms with Gasteiger partial charge in [-0.15, -0.1) is 0 Å². The van der Waals surface area contributed by atoms with Crippen LogP contribution in [0.4, 0.5) is 0 Å². The highest BCUT2D eigenvalue weighted by Crippen LogP contribution is 2.22.